The van der Waals surface area contributed by atoms with Crippen LogP contribution in [-0.4, -0.2) is 21.6 Å². The zero-order chi connectivity index (χ0) is 12.3. The van der Waals surface area contributed by atoms with Crippen molar-refractivity contribution < 1.29 is 9.90 Å². The molecule has 3 nitrogen and oxygen atoms in total. The summed E-state index contributed by atoms with van der Waals surface area (Å²) in [6.45, 7) is 2.54. The Labute approximate surface area is 102 Å². The van der Waals surface area contributed by atoms with Crippen molar-refractivity contribution >= 4 is 5.91 Å². The van der Waals surface area contributed by atoms with Crippen molar-refractivity contribution in [2.45, 2.75) is 44.9 Å². The van der Waals surface area contributed by atoms with Crippen LogP contribution in [-0.2, 0) is 11.3 Å². The van der Waals surface area contributed by atoms with E-state index in [1.807, 2.05) is 37.3 Å². The van der Waals surface area contributed by atoms with E-state index < -0.39 is 5.72 Å². The van der Waals surface area contributed by atoms with Crippen molar-refractivity contribution in [1.29, 1.82) is 0 Å². The Balaban J connectivity index is 2.15. The van der Waals surface area contributed by atoms with Crippen molar-refractivity contribution in [3.05, 3.63) is 35.9 Å². The van der Waals surface area contributed by atoms with Crippen LogP contribution in [0.3, 0.4) is 0 Å². The van der Waals surface area contributed by atoms with Crippen molar-refractivity contribution in [3.8, 4) is 0 Å². The molecule has 0 spiro atoms. The van der Waals surface area contributed by atoms with Crippen LogP contribution in [0.15, 0.2) is 30.3 Å². The lowest BCUT2D eigenvalue weighted by Crippen LogP contribution is -2.45. The molecular formula is C14H19NO2. The number of aliphatic hydroxyl groups is 1. The average Bonchev–Trinajstić information content (AvgIpc) is 2.60. The minimum atomic E-state index is -0.929. The van der Waals surface area contributed by atoms with E-state index in [4.69, 9.17) is 0 Å². The molecule has 1 aromatic carbocycles. The quantitative estimate of drug-likeness (QED) is 0.866. The molecule has 0 aromatic heterocycles. The molecule has 1 aliphatic heterocycles. The van der Waals surface area contributed by atoms with Crippen LogP contribution in [0.4, 0.5) is 0 Å². The summed E-state index contributed by atoms with van der Waals surface area (Å²) in [4.78, 5) is 13.5. The van der Waals surface area contributed by atoms with Gasteiger partial charge in [-0.1, -0.05) is 43.7 Å². The number of carbonyl (C=O) groups excluding carboxylic acids is 1. The maximum absolute atomic E-state index is 11.8. The van der Waals surface area contributed by atoms with E-state index in [-0.39, 0.29) is 5.91 Å². The first-order valence-corrected chi connectivity index (χ1v) is 6.22. The van der Waals surface area contributed by atoms with E-state index in [2.05, 4.69) is 0 Å². The molecule has 1 N–H and O–H groups in total. The Kier molecular flexibility index (Phi) is 3.48. The molecule has 1 amide bonds. The average molecular weight is 233 g/mol. The second-order valence-corrected chi connectivity index (χ2v) is 4.70. The van der Waals surface area contributed by atoms with Gasteiger partial charge in [0.2, 0.25) is 5.91 Å². The number of benzene rings is 1. The van der Waals surface area contributed by atoms with Gasteiger partial charge in [0, 0.05) is 19.4 Å². The first kappa shape index (κ1) is 12.1. The summed E-state index contributed by atoms with van der Waals surface area (Å²) in [6.07, 6.45) is 2.57. The highest BCUT2D eigenvalue weighted by atomic mass is 16.3. The fraction of sp³-hybridized carbons (Fsp3) is 0.500. The molecule has 3 heteroatoms. The molecule has 0 saturated carbocycles. The summed E-state index contributed by atoms with van der Waals surface area (Å²) in [5, 5.41) is 10.5. The third-order valence-corrected chi connectivity index (χ3v) is 3.38. The van der Waals surface area contributed by atoms with Gasteiger partial charge in [0.05, 0.1) is 0 Å². The molecule has 1 unspecified atom stereocenters. The molecule has 17 heavy (non-hydrogen) atoms. The summed E-state index contributed by atoms with van der Waals surface area (Å²) >= 11 is 0. The van der Waals surface area contributed by atoms with Crippen LogP contribution in [0.5, 0.6) is 0 Å². The Morgan fingerprint density at radius 2 is 2.06 bits per heavy atom. The van der Waals surface area contributed by atoms with Crippen LogP contribution >= 0.6 is 0 Å². The summed E-state index contributed by atoms with van der Waals surface area (Å²) in [5.74, 6) is 0.0600. The fourth-order valence-corrected chi connectivity index (χ4v) is 2.47. The molecule has 0 bridgehead atoms. The zero-order valence-corrected chi connectivity index (χ0v) is 10.2. The largest absolute Gasteiger partial charge is 0.371 e. The van der Waals surface area contributed by atoms with E-state index in [9.17, 15) is 9.90 Å². The molecule has 0 radical (unpaired) electrons. The number of rotatable bonds is 4. The summed E-state index contributed by atoms with van der Waals surface area (Å²) in [5.41, 5.74) is 0.138. The van der Waals surface area contributed by atoms with Gasteiger partial charge < -0.3 is 10.0 Å². The van der Waals surface area contributed by atoms with Crippen molar-refractivity contribution in [2.24, 2.45) is 0 Å². The highest BCUT2D eigenvalue weighted by Gasteiger charge is 2.42. The second kappa shape index (κ2) is 4.88. The maximum atomic E-state index is 11.8. The first-order chi connectivity index (χ1) is 8.15. The highest BCUT2D eigenvalue weighted by molar-refractivity contribution is 5.79. The molecule has 92 valence electrons. The smallest absolute Gasteiger partial charge is 0.225 e. The summed E-state index contributed by atoms with van der Waals surface area (Å²) in [7, 11) is 0. The number of likely N-dealkylation sites (tertiary alicyclic amines) is 1. The third kappa shape index (κ3) is 2.50. The van der Waals surface area contributed by atoms with Gasteiger partial charge in [-0.05, 0) is 12.0 Å². The van der Waals surface area contributed by atoms with Crippen LogP contribution in [0, 0.1) is 0 Å². The Hall–Kier alpha value is -1.35. The summed E-state index contributed by atoms with van der Waals surface area (Å²) < 4.78 is 0. The van der Waals surface area contributed by atoms with Gasteiger partial charge in [-0.15, -0.1) is 0 Å². The number of hydrogen-bond donors (Lipinski definition) is 1. The number of hydrogen-bond acceptors (Lipinski definition) is 2. The van der Waals surface area contributed by atoms with E-state index in [1.54, 1.807) is 4.90 Å². The predicted molar refractivity (Wildman–Crippen MR) is 66.1 cm³/mol. The van der Waals surface area contributed by atoms with E-state index in [0.717, 1.165) is 12.0 Å². The standard InChI is InChI=1S/C14H19NO2/c1-2-9-14(17)10-8-13(16)15(14)11-12-6-4-3-5-7-12/h3-7,17H,2,8-11H2,1H3. The molecule has 2 rings (SSSR count). The highest BCUT2D eigenvalue weighted by Crippen LogP contribution is 2.33. The SMILES string of the molecule is CCCC1(O)CCC(=O)N1Cc1ccccc1. The molecular weight excluding hydrogens is 214 g/mol. The molecule has 1 aromatic rings. The Bertz CT molecular complexity index is 390. The predicted octanol–water partition coefficient (Wildman–Crippen LogP) is 2.30. The molecule has 1 saturated heterocycles. The van der Waals surface area contributed by atoms with Crippen LogP contribution in [0.1, 0.15) is 38.2 Å². The van der Waals surface area contributed by atoms with Gasteiger partial charge in [0.15, 0.2) is 0 Å². The van der Waals surface area contributed by atoms with Crippen LogP contribution < -0.4 is 0 Å². The Morgan fingerprint density at radius 1 is 1.35 bits per heavy atom. The number of nitrogens with zero attached hydrogens (tertiary/aromatic N) is 1. The fourth-order valence-electron chi connectivity index (χ4n) is 2.47. The van der Waals surface area contributed by atoms with E-state index in [0.29, 0.717) is 25.8 Å². The molecule has 1 atom stereocenters. The topological polar surface area (TPSA) is 40.5 Å². The second-order valence-electron chi connectivity index (χ2n) is 4.70. The minimum absolute atomic E-state index is 0.0600. The van der Waals surface area contributed by atoms with Crippen LogP contribution in [0.2, 0.25) is 0 Å². The van der Waals surface area contributed by atoms with Gasteiger partial charge in [-0.2, -0.15) is 0 Å². The molecule has 0 aliphatic carbocycles. The van der Waals surface area contributed by atoms with Gasteiger partial charge >= 0.3 is 0 Å². The summed E-state index contributed by atoms with van der Waals surface area (Å²) in [6, 6.07) is 9.83. The van der Waals surface area contributed by atoms with Gasteiger partial charge in [0.25, 0.3) is 0 Å². The van der Waals surface area contributed by atoms with Crippen LogP contribution in [0.25, 0.3) is 0 Å². The van der Waals surface area contributed by atoms with E-state index >= 15 is 0 Å². The van der Waals surface area contributed by atoms with Gasteiger partial charge in [0.1, 0.15) is 5.72 Å². The van der Waals surface area contributed by atoms with Gasteiger partial charge in [-0.25, -0.2) is 0 Å². The zero-order valence-electron chi connectivity index (χ0n) is 10.2. The Morgan fingerprint density at radius 3 is 2.71 bits per heavy atom. The van der Waals surface area contributed by atoms with Crippen molar-refractivity contribution in [3.63, 3.8) is 0 Å². The minimum Gasteiger partial charge on any atom is -0.371 e. The van der Waals surface area contributed by atoms with Crippen molar-refractivity contribution in [1.82, 2.24) is 4.90 Å². The molecule has 1 fully saturated rings. The monoisotopic (exact) mass is 233 g/mol. The van der Waals surface area contributed by atoms with Gasteiger partial charge in [-0.3, -0.25) is 4.79 Å². The molecule has 1 aliphatic rings. The van der Waals surface area contributed by atoms with Crippen molar-refractivity contribution in [2.75, 3.05) is 0 Å². The normalized spacial score (nSPS) is 24.4. The molecule has 1 heterocycles. The number of carbonyl (C=O) groups is 1. The lowest BCUT2D eigenvalue weighted by molar-refractivity contribution is -0.148. The van der Waals surface area contributed by atoms with E-state index in [1.165, 1.54) is 0 Å². The first-order valence-electron chi connectivity index (χ1n) is 6.22. The lowest BCUT2D eigenvalue weighted by atomic mass is 10.0. The lowest BCUT2D eigenvalue weighted by Gasteiger charge is -2.33. The number of amides is 1. The maximum Gasteiger partial charge on any atom is 0.225 e. The third-order valence-electron chi connectivity index (χ3n) is 3.38.